The number of nitrogens with two attached hydrogens (primary N) is 1. The van der Waals surface area contributed by atoms with Gasteiger partial charge < -0.3 is 10.5 Å². The topological polar surface area (TPSA) is 72.0 Å². The third-order valence-corrected chi connectivity index (χ3v) is 3.34. The first kappa shape index (κ1) is 11.9. The van der Waals surface area contributed by atoms with Crippen LogP contribution in [0.15, 0.2) is 18.3 Å². The van der Waals surface area contributed by atoms with Gasteiger partial charge in [-0.15, -0.1) is 0 Å². The van der Waals surface area contributed by atoms with Gasteiger partial charge in [0.1, 0.15) is 23.4 Å². The Labute approximate surface area is 102 Å². The first-order chi connectivity index (χ1) is 8.18. The SMILES string of the molecule is CC1CCCCC1Oc1cccnc1C(=N)N. The molecule has 0 saturated heterocycles. The summed E-state index contributed by atoms with van der Waals surface area (Å²) in [5.41, 5.74) is 5.94. The normalized spacial score (nSPS) is 24.3. The van der Waals surface area contributed by atoms with Crippen molar-refractivity contribution in [1.29, 1.82) is 5.41 Å². The van der Waals surface area contributed by atoms with Crippen molar-refractivity contribution in [3.63, 3.8) is 0 Å². The van der Waals surface area contributed by atoms with Crippen molar-refractivity contribution in [3.05, 3.63) is 24.0 Å². The van der Waals surface area contributed by atoms with E-state index in [1.165, 1.54) is 19.3 Å². The van der Waals surface area contributed by atoms with Crippen LogP contribution in [0.2, 0.25) is 0 Å². The molecule has 4 heteroatoms. The van der Waals surface area contributed by atoms with Crippen LogP contribution in [-0.4, -0.2) is 16.9 Å². The lowest BCUT2D eigenvalue weighted by molar-refractivity contribution is 0.102. The lowest BCUT2D eigenvalue weighted by atomic mass is 9.88. The Morgan fingerprint density at radius 1 is 1.47 bits per heavy atom. The molecule has 1 fully saturated rings. The molecule has 2 rings (SSSR count). The summed E-state index contributed by atoms with van der Waals surface area (Å²) in [6.07, 6.45) is 6.64. The van der Waals surface area contributed by atoms with Gasteiger partial charge in [-0.1, -0.05) is 13.3 Å². The highest BCUT2D eigenvalue weighted by molar-refractivity contribution is 5.95. The number of nitrogens with zero attached hydrogens (tertiary/aromatic N) is 1. The number of hydrogen-bond acceptors (Lipinski definition) is 3. The maximum Gasteiger partial charge on any atom is 0.149 e. The maximum atomic E-state index is 7.48. The molecular formula is C13H19N3O. The summed E-state index contributed by atoms with van der Waals surface area (Å²) >= 11 is 0. The summed E-state index contributed by atoms with van der Waals surface area (Å²) < 4.78 is 5.98. The number of nitrogens with one attached hydrogen (secondary N) is 1. The van der Waals surface area contributed by atoms with E-state index in [4.69, 9.17) is 15.9 Å². The standard InChI is InChI=1S/C13H19N3O/c1-9-5-2-3-6-10(9)17-11-7-4-8-16-12(11)13(14)15/h4,7-10H,2-3,5-6H2,1H3,(H3,14,15). The van der Waals surface area contributed by atoms with Crippen molar-refractivity contribution in [2.24, 2.45) is 11.7 Å². The van der Waals surface area contributed by atoms with Crippen LogP contribution < -0.4 is 10.5 Å². The van der Waals surface area contributed by atoms with E-state index in [1.54, 1.807) is 6.20 Å². The number of nitrogen functional groups attached to an aromatic ring is 1. The second kappa shape index (κ2) is 5.17. The molecule has 1 aromatic rings. The lowest BCUT2D eigenvalue weighted by Crippen LogP contribution is -2.29. The molecule has 1 aliphatic rings. The zero-order valence-corrected chi connectivity index (χ0v) is 10.1. The predicted octanol–water partition coefficient (Wildman–Crippen LogP) is 2.32. The van der Waals surface area contributed by atoms with Gasteiger partial charge >= 0.3 is 0 Å². The fourth-order valence-electron chi connectivity index (χ4n) is 2.31. The summed E-state index contributed by atoms with van der Waals surface area (Å²) in [4.78, 5) is 4.09. The zero-order valence-electron chi connectivity index (χ0n) is 10.1. The number of amidine groups is 1. The van der Waals surface area contributed by atoms with Gasteiger partial charge in [0.25, 0.3) is 0 Å². The van der Waals surface area contributed by atoms with Gasteiger partial charge in [-0.2, -0.15) is 0 Å². The molecule has 1 aromatic heterocycles. The Morgan fingerprint density at radius 3 is 2.94 bits per heavy atom. The molecule has 3 N–H and O–H groups in total. The van der Waals surface area contributed by atoms with Gasteiger partial charge in [0.15, 0.2) is 0 Å². The first-order valence-corrected chi connectivity index (χ1v) is 6.14. The van der Waals surface area contributed by atoms with Gasteiger partial charge in [0, 0.05) is 6.20 Å². The molecule has 2 unspecified atom stereocenters. The molecule has 0 aliphatic heterocycles. The Balaban J connectivity index is 2.14. The largest absolute Gasteiger partial charge is 0.488 e. The smallest absolute Gasteiger partial charge is 0.149 e. The molecule has 0 amide bonds. The van der Waals surface area contributed by atoms with Crippen molar-refractivity contribution in [3.8, 4) is 5.75 Å². The second-order valence-electron chi connectivity index (χ2n) is 4.68. The fraction of sp³-hybridized carbons (Fsp3) is 0.538. The average molecular weight is 233 g/mol. The summed E-state index contributed by atoms with van der Waals surface area (Å²) in [7, 11) is 0. The first-order valence-electron chi connectivity index (χ1n) is 6.14. The summed E-state index contributed by atoms with van der Waals surface area (Å²) in [5.74, 6) is 1.16. The number of aromatic nitrogens is 1. The van der Waals surface area contributed by atoms with Gasteiger partial charge in [-0.3, -0.25) is 5.41 Å². The molecule has 1 heterocycles. The number of hydrogen-bond donors (Lipinski definition) is 2. The predicted molar refractivity (Wildman–Crippen MR) is 67.3 cm³/mol. The van der Waals surface area contributed by atoms with E-state index in [1.807, 2.05) is 12.1 Å². The molecule has 1 saturated carbocycles. The molecule has 2 atom stereocenters. The highest BCUT2D eigenvalue weighted by Gasteiger charge is 2.24. The van der Waals surface area contributed by atoms with Crippen molar-refractivity contribution >= 4 is 5.84 Å². The third-order valence-electron chi connectivity index (χ3n) is 3.34. The zero-order chi connectivity index (χ0) is 12.3. The quantitative estimate of drug-likeness (QED) is 0.621. The van der Waals surface area contributed by atoms with Crippen molar-refractivity contribution in [1.82, 2.24) is 4.98 Å². The second-order valence-corrected chi connectivity index (χ2v) is 4.68. The Morgan fingerprint density at radius 2 is 2.24 bits per heavy atom. The highest BCUT2D eigenvalue weighted by Crippen LogP contribution is 2.28. The monoisotopic (exact) mass is 233 g/mol. The van der Waals surface area contributed by atoms with Gasteiger partial charge in [-0.25, -0.2) is 4.98 Å². The van der Waals surface area contributed by atoms with Crippen LogP contribution in [0.4, 0.5) is 0 Å². The highest BCUT2D eigenvalue weighted by atomic mass is 16.5. The summed E-state index contributed by atoms with van der Waals surface area (Å²) in [5, 5.41) is 7.48. The minimum atomic E-state index is -0.0379. The fourth-order valence-corrected chi connectivity index (χ4v) is 2.31. The van der Waals surface area contributed by atoms with E-state index < -0.39 is 0 Å². The van der Waals surface area contributed by atoms with E-state index in [2.05, 4.69) is 11.9 Å². The molecule has 0 aromatic carbocycles. The third kappa shape index (κ3) is 2.75. The molecule has 0 spiro atoms. The average Bonchev–Trinajstić information content (AvgIpc) is 2.32. The van der Waals surface area contributed by atoms with Crippen LogP contribution in [0.5, 0.6) is 5.75 Å². The van der Waals surface area contributed by atoms with Crippen molar-refractivity contribution in [2.75, 3.05) is 0 Å². The van der Waals surface area contributed by atoms with E-state index in [-0.39, 0.29) is 11.9 Å². The minimum absolute atomic E-state index is 0.0379. The number of pyridine rings is 1. The Kier molecular flexibility index (Phi) is 3.61. The van der Waals surface area contributed by atoms with Crippen LogP contribution in [0.25, 0.3) is 0 Å². The number of rotatable bonds is 3. The van der Waals surface area contributed by atoms with E-state index in [0.717, 1.165) is 6.42 Å². The van der Waals surface area contributed by atoms with Gasteiger partial charge in [0.05, 0.1) is 0 Å². The van der Waals surface area contributed by atoms with Crippen molar-refractivity contribution < 1.29 is 4.74 Å². The van der Waals surface area contributed by atoms with Crippen LogP contribution >= 0.6 is 0 Å². The molecule has 92 valence electrons. The van der Waals surface area contributed by atoms with E-state index in [0.29, 0.717) is 17.4 Å². The maximum absolute atomic E-state index is 7.48. The van der Waals surface area contributed by atoms with Crippen LogP contribution in [0, 0.1) is 11.3 Å². The molecule has 0 bridgehead atoms. The molecular weight excluding hydrogens is 214 g/mol. The molecule has 17 heavy (non-hydrogen) atoms. The molecule has 4 nitrogen and oxygen atoms in total. The van der Waals surface area contributed by atoms with Gasteiger partial charge in [-0.05, 0) is 37.3 Å². The number of ether oxygens (including phenoxy) is 1. The van der Waals surface area contributed by atoms with Crippen LogP contribution in [0.3, 0.4) is 0 Å². The van der Waals surface area contributed by atoms with Crippen LogP contribution in [0.1, 0.15) is 38.3 Å². The van der Waals surface area contributed by atoms with Gasteiger partial charge in [0.2, 0.25) is 0 Å². The van der Waals surface area contributed by atoms with E-state index in [9.17, 15) is 0 Å². The van der Waals surface area contributed by atoms with E-state index >= 15 is 0 Å². The summed E-state index contributed by atoms with van der Waals surface area (Å²) in [6, 6.07) is 3.65. The summed E-state index contributed by atoms with van der Waals surface area (Å²) in [6.45, 7) is 2.22. The Bertz CT molecular complexity index is 405. The molecule has 0 radical (unpaired) electrons. The van der Waals surface area contributed by atoms with Crippen molar-refractivity contribution in [2.45, 2.75) is 38.7 Å². The molecule has 1 aliphatic carbocycles. The minimum Gasteiger partial charge on any atom is -0.488 e. The van der Waals surface area contributed by atoms with Crippen LogP contribution in [-0.2, 0) is 0 Å². The lowest BCUT2D eigenvalue weighted by Gasteiger charge is -2.29. The Hall–Kier alpha value is -1.58.